The molecule has 4 amide bonds. The number of rotatable bonds is 46. The first-order chi connectivity index (χ1) is 60.4. The summed E-state index contributed by atoms with van der Waals surface area (Å²) in [6, 6.07) is 49.9. The second-order valence-corrected chi connectivity index (χ2v) is 44.6. The number of unbranched alkanes of at least 4 members (excludes halogenated alkanes) is 6. The van der Waals surface area contributed by atoms with Gasteiger partial charge >= 0.3 is 0 Å². The van der Waals surface area contributed by atoms with Crippen LogP contribution in [0.15, 0.2) is 156 Å². The molecular weight excluding hydrogens is 1670 g/mol. The zero-order valence-corrected chi connectivity index (χ0v) is 82.6. The Morgan fingerprint density at radius 3 is 0.782 bits per heavy atom. The van der Waals surface area contributed by atoms with E-state index in [0.29, 0.717) is 60.3 Å². The number of amides is 4. The van der Waals surface area contributed by atoms with Crippen molar-refractivity contribution in [3.05, 3.63) is 196 Å². The highest BCUT2D eigenvalue weighted by Crippen LogP contribution is 2.59. The van der Waals surface area contributed by atoms with Crippen molar-refractivity contribution < 1.29 is 19.2 Å². The van der Waals surface area contributed by atoms with Gasteiger partial charge in [0.2, 0.25) is 0 Å². The van der Waals surface area contributed by atoms with Crippen molar-refractivity contribution in [2.45, 2.75) is 264 Å². The highest BCUT2D eigenvalue weighted by Gasteiger charge is 2.52. The molecule has 0 spiro atoms. The third kappa shape index (κ3) is 19.1. The number of nitrogens with zero attached hydrogens (tertiary/aromatic N) is 4. The smallest absolute Gasteiger partial charge is 0.261 e. The van der Waals surface area contributed by atoms with Crippen LogP contribution in [-0.4, -0.2) is 69.4 Å². The first kappa shape index (κ1) is 91.4. The van der Waals surface area contributed by atoms with E-state index in [4.69, 9.17) is 0 Å². The van der Waals surface area contributed by atoms with E-state index < -0.39 is 0 Å². The number of thiophene rings is 8. The average molecular weight is 1800 g/mol. The molecule has 4 aliphatic rings. The first-order valence-corrected chi connectivity index (χ1v) is 54.0. The third-order valence-electron chi connectivity index (χ3n) is 27.2. The Labute approximate surface area is 772 Å². The molecule has 8 nitrogen and oxygen atoms in total. The van der Waals surface area contributed by atoms with Crippen molar-refractivity contribution in [3.63, 3.8) is 0 Å². The van der Waals surface area contributed by atoms with E-state index in [9.17, 15) is 0 Å². The van der Waals surface area contributed by atoms with Crippen LogP contribution in [-0.2, 0) is 32.0 Å². The number of fused-ring (bicyclic) bond motifs is 4. The Morgan fingerprint density at radius 1 is 0.258 bits per heavy atom. The Morgan fingerprint density at radius 2 is 0.508 bits per heavy atom. The topological polar surface area (TPSA) is 81.2 Å². The van der Waals surface area contributed by atoms with Gasteiger partial charge < -0.3 is 19.6 Å². The van der Waals surface area contributed by atoms with Crippen molar-refractivity contribution in [1.29, 1.82) is 0 Å². The molecule has 0 bridgehead atoms. The van der Waals surface area contributed by atoms with Gasteiger partial charge in [0.1, 0.15) is 0 Å². The molecule has 0 aliphatic carbocycles. The van der Waals surface area contributed by atoms with E-state index in [0.717, 1.165) is 201 Å². The van der Waals surface area contributed by atoms with Gasteiger partial charge in [-0.25, -0.2) is 0 Å². The van der Waals surface area contributed by atoms with E-state index in [1.165, 1.54) is 110 Å². The van der Waals surface area contributed by atoms with Crippen LogP contribution in [0, 0.1) is 49.4 Å². The number of carbonyl (C=O) groups is 4. The van der Waals surface area contributed by atoms with Crippen LogP contribution >= 0.6 is 90.7 Å². The fourth-order valence-electron chi connectivity index (χ4n) is 19.3. The second kappa shape index (κ2) is 41.8. The summed E-state index contributed by atoms with van der Waals surface area (Å²) >= 11 is 14.6. The van der Waals surface area contributed by atoms with E-state index >= 15 is 19.2 Å². The predicted octanol–water partition coefficient (Wildman–Crippen LogP) is 33.1. The molecule has 0 saturated carbocycles. The lowest BCUT2D eigenvalue weighted by molar-refractivity contribution is -0.124. The van der Waals surface area contributed by atoms with E-state index in [1.54, 1.807) is 45.3 Å². The molecule has 4 aliphatic heterocycles. The molecule has 0 fully saturated rings. The maximum Gasteiger partial charge on any atom is 0.261 e. The summed E-state index contributed by atoms with van der Waals surface area (Å²) in [6.45, 7) is 33.9. The molecule has 8 aromatic heterocycles. The summed E-state index contributed by atoms with van der Waals surface area (Å²) in [5.41, 5.74) is 12.6. The van der Waals surface area contributed by atoms with Crippen molar-refractivity contribution in [2.75, 3.05) is 26.2 Å². The molecule has 15 rings (SSSR count). The van der Waals surface area contributed by atoms with Gasteiger partial charge in [-0.2, -0.15) is 0 Å². The third-order valence-corrected chi connectivity index (χ3v) is 36.6. The number of aryl methyl sites for hydroxylation is 2. The number of hydrogen-bond acceptors (Lipinski definition) is 12. The number of benzene rings is 3. The largest absolute Gasteiger partial charge is 0.306 e. The quantitative estimate of drug-likeness (QED) is 0.0381. The molecule has 6 unspecified atom stereocenters. The summed E-state index contributed by atoms with van der Waals surface area (Å²) < 4.78 is 2.53. The van der Waals surface area contributed by atoms with Gasteiger partial charge in [0.05, 0.1) is 64.6 Å². The maximum atomic E-state index is 16.2. The lowest BCUT2D eigenvalue weighted by atomic mass is 9.95. The Bertz CT molecular complexity index is 5330. The van der Waals surface area contributed by atoms with Gasteiger partial charge in [0.15, 0.2) is 0 Å². The molecule has 124 heavy (non-hydrogen) atoms. The standard InChI is InChI=1S/C108H130N4O4S8/c1-15-27-33-69(21-7)59-77-47-49-85(117-77)93-79-61-91(83-53-57-89(121-83)101-97-95(105(113)111(101)65-73(25-11)37-31-19-5)99(109(107(97)115)63-71(23-9)35-29-17-3)87-55-51-81(119-87)75-43-39-67(13)40-44-75)124-104(79)94(86-50-48-78(118-86)60-70(22-8)34-28-16-2)80-62-92(123-103(80)93)84-54-58-90(122-84)102-98-96(106(114)112(102)66-74(26-12)38-32-20-6)100(110(108(98)116)64-72(24-10)36-30-18-4)88-56-52-82(120-88)76-45-41-68(14)42-46-76/h39-58,61-62,69-74H,15-38,59-60,63-66H2,1-14H3. The molecule has 654 valence electrons. The van der Waals surface area contributed by atoms with Gasteiger partial charge in [-0.15, -0.1) is 90.7 Å². The van der Waals surface area contributed by atoms with Gasteiger partial charge in [-0.1, -0.05) is 271 Å². The van der Waals surface area contributed by atoms with Gasteiger partial charge in [-0.3, -0.25) is 19.2 Å². The predicted molar refractivity (Wildman–Crippen MR) is 541 cm³/mol. The maximum absolute atomic E-state index is 16.2. The van der Waals surface area contributed by atoms with Crippen molar-refractivity contribution in [1.82, 2.24) is 19.6 Å². The van der Waals surface area contributed by atoms with E-state index in [-0.39, 0.29) is 47.3 Å². The minimum Gasteiger partial charge on any atom is -0.306 e. The molecule has 3 aromatic carbocycles. The second-order valence-electron chi connectivity index (χ2n) is 35.8. The SMILES string of the molecule is CCCCC(CC)Cc1ccc(-c2c3cc(-c4ccc(C5=C6C(=O)N(CC(CC)CCCC)C(c7ccc(-c8ccc(C)cc8)s7)=C6C(=O)N5CC(CC)CCCC)s4)sc3c(-c3ccc(CC(CC)CCCC)s3)c3cc(-c4ccc(C5=C6C(=O)N(CC(CC)CCCC)C(c7ccc(-c8ccc(C)cc8)s7)=C6C(=O)N5CC(CC)CCCC)s4)sc23)s1. The van der Waals surface area contributed by atoms with Crippen LogP contribution in [0.5, 0.6) is 0 Å². The van der Waals surface area contributed by atoms with Crippen LogP contribution in [0.2, 0.25) is 0 Å². The zero-order chi connectivity index (χ0) is 87.0. The summed E-state index contributed by atoms with van der Waals surface area (Å²) in [7, 11) is 0. The Kier molecular flexibility index (Phi) is 30.8. The monoisotopic (exact) mass is 1800 g/mol. The summed E-state index contributed by atoms with van der Waals surface area (Å²) in [4.78, 5) is 89.1. The normalized spacial score (nSPS) is 16.0. The van der Waals surface area contributed by atoms with E-state index in [2.05, 4.69) is 240 Å². The number of hydrogen-bond donors (Lipinski definition) is 0. The molecular formula is C108H130N4O4S8. The first-order valence-electron chi connectivity index (χ1n) is 47.4. The Hall–Kier alpha value is -7.38. The lowest BCUT2D eigenvalue weighted by Gasteiger charge is -2.29. The molecule has 0 radical (unpaired) electrons. The fraction of sp³-hybridized carbons (Fsp3) is 0.463. The zero-order valence-electron chi connectivity index (χ0n) is 76.1. The molecule has 0 N–H and O–H groups in total. The van der Waals surface area contributed by atoms with Crippen LogP contribution in [0.1, 0.15) is 278 Å². The average Bonchev–Trinajstić information content (AvgIpc) is 1.56. The van der Waals surface area contributed by atoms with Crippen molar-refractivity contribution in [2.24, 2.45) is 35.5 Å². The molecule has 16 heteroatoms. The van der Waals surface area contributed by atoms with Gasteiger partial charge in [-0.05, 0) is 184 Å². The highest BCUT2D eigenvalue weighted by atomic mass is 32.1. The molecule has 12 heterocycles. The van der Waals surface area contributed by atoms with Gasteiger partial charge in [0, 0.05) is 106 Å². The molecule has 11 aromatic rings. The summed E-state index contributed by atoms with van der Waals surface area (Å²) in [5.74, 6) is 2.11. The van der Waals surface area contributed by atoms with Gasteiger partial charge in [0.25, 0.3) is 23.6 Å². The fourth-order valence-corrected chi connectivity index (χ4v) is 28.7. The molecule has 0 saturated heterocycles. The van der Waals surface area contributed by atoms with Crippen molar-refractivity contribution in [3.8, 4) is 61.3 Å². The summed E-state index contributed by atoms with van der Waals surface area (Å²) in [5, 5.41) is 2.50. The highest BCUT2D eigenvalue weighted by molar-refractivity contribution is 7.29. The Balaban J connectivity index is 0.919. The summed E-state index contributed by atoms with van der Waals surface area (Å²) in [6.07, 6.45) is 28.2. The number of carbonyl (C=O) groups excluding carboxylic acids is 4. The van der Waals surface area contributed by atoms with E-state index in [1.807, 2.05) is 55.1 Å². The lowest BCUT2D eigenvalue weighted by Crippen LogP contribution is -2.34. The minimum absolute atomic E-state index is 0.0494. The van der Waals surface area contributed by atoms with Crippen LogP contribution in [0.3, 0.4) is 0 Å². The van der Waals surface area contributed by atoms with Crippen LogP contribution in [0.25, 0.3) is 104 Å². The van der Waals surface area contributed by atoms with Crippen LogP contribution < -0.4 is 0 Å². The molecule has 6 atom stereocenters. The van der Waals surface area contributed by atoms with Crippen molar-refractivity contribution >= 4 is 157 Å². The van der Waals surface area contributed by atoms with Crippen LogP contribution in [0.4, 0.5) is 0 Å². The minimum atomic E-state index is -0.0494.